The molecule has 1 heterocycles. The summed E-state index contributed by atoms with van der Waals surface area (Å²) in [6.07, 6.45) is 0. The molecule has 32 heavy (non-hydrogen) atoms. The van der Waals surface area contributed by atoms with Crippen LogP contribution in [0.4, 0.5) is 5.69 Å². The van der Waals surface area contributed by atoms with Gasteiger partial charge in [-0.25, -0.2) is 0 Å². The van der Waals surface area contributed by atoms with Crippen molar-refractivity contribution in [2.24, 2.45) is 0 Å². The summed E-state index contributed by atoms with van der Waals surface area (Å²) >= 11 is 7.45. The van der Waals surface area contributed by atoms with Gasteiger partial charge in [0.15, 0.2) is 0 Å². The van der Waals surface area contributed by atoms with Crippen molar-refractivity contribution in [2.45, 2.75) is 11.8 Å². The number of ether oxygens (including phenoxy) is 1. The largest absolute Gasteiger partial charge is 0.494 e. The number of thioether (sulfide) groups is 1. The van der Waals surface area contributed by atoms with E-state index in [1.807, 2.05) is 43.3 Å². The first-order valence-corrected chi connectivity index (χ1v) is 11.5. The van der Waals surface area contributed by atoms with Gasteiger partial charge in [0.05, 0.1) is 17.3 Å². The van der Waals surface area contributed by atoms with Crippen LogP contribution in [0.15, 0.2) is 82.5 Å². The first-order valence-electron chi connectivity index (χ1n) is 10.1. The van der Waals surface area contributed by atoms with Gasteiger partial charge in [-0.15, -0.1) is 11.8 Å². The number of aromatic amines is 1. The SMILES string of the molecule is CCOc1ccc(NC(=O)CSc2c(-c3ccccc3)c3cc(Cl)ccc3[nH]c2=O)cc1. The van der Waals surface area contributed by atoms with Crippen LogP contribution in [0.2, 0.25) is 5.02 Å². The Balaban J connectivity index is 1.62. The van der Waals surface area contributed by atoms with E-state index in [2.05, 4.69) is 10.3 Å². The van der Waals surface area contributed by atoms with Crippen molar-refractivity contribution in [1.82, 2.24) is 4.98 Å². The maximum absolute atomic E-state index is 12.9. The van der Waals surface area contributed by atoms with Crippen molar-refractivity contribution >= 4 is 45.9 Å². The van der Waals surface area contributed by atoms with Crippen molar-refractivity contribution in [3.8, 4) is 16.9 Å². The van der Waals surface area contributed by atoms with Crippen LogP contribution in [0.5, 0.6) is 5.75 Å². The Labute approximate surface area is 194 Å². The molecule has 3 aromatic carbocycles. The topological polar surface area (TPSA) is 71.2 Å². The van der Waals surface area contributed by atoms with Crippen molar-refractivity contribution in [3.63, 3.8) is 0 Å². The molecule has 5 nitrogen and oxygen atoms in total. The number of hydrogen-bond donors (Lipinski definition) is 2. The van der Waals surface area contributed by atoms with Crippen LogP contribution in [-0.4, -0.2) is 23.3 Å². The number of halogens is 1. The number of nitrogens with one attached hydrogen (secondary N) is 2. The summed E-state index contributed by atoms with van der Waals surface area (Å²) in [5.74, 6) is 0.625. The highest BCUT2D eigenvalue weighted by molar-refractivity contribution is 8.00. The fourth-order valence-corrected chi connectivity index (χ4v) is 4.49. The lowest BCUT2D eigenvalue weighted by Crippen LogP contribution is -2.16. The second kappa shape index (κ2) is 9.94. The number of carbonyl (C=O) groups is 1. The molecule has 0 atom stereocenters. The monoisotopic (exact) mass is 464 g/mol. The van der Waals surface area contributed by atoms with Gasteiger partial charge in [-0.3, -0.25) is 9.59 Å². The van der Waals surface area contributed by atoms with Crippen LogP contribution in [0.1, 0.15) is 6.92 Å². The number of pyridine rings is 1. The Hall–Kier alpha value is -3.22. The number of amides is 1. The summed E-state index contributed by atoms with van der Waals surface area (Å²) in [5, 5.41) is 4.26. The van der Waals surface area contributed by atoms with Crippen LogP contribution in [0, 0.1) is 0 Å². The lowest BCUT2D eigenvalue weighted by Gasteiger charge is -2.13. The van der Waals surface area contributed by atoms with E-state index >= 15 is 0 Å². The molecule has 162 valence electrons. The maximum Gasteiger partial charge on any atom is 0.262 e. The first kappa shape index (κ1) is 22.0. The van der Waals surface area contributed by atoms with Crippen molar-refractivity contribution in [1.29, 1.82) is 0 Å². The van der Waals surface area contributed by atoms with E-state index in [-0.39, 0.29) is 17.2 Å². The Morgan fingerprint density at radius 1 is 1.06 bits per heavy atom. The molecule has 2 N–H and O–H groups in total. The van der Waals surface area contributed by atoms with E-state index < -0.39 is 0 Å². The molecule has 0 radical (unpaired) electrons. The van der Waals surface area contributed by atoms with Gasteiger partial charge in [0.25, 0.3) is 5.56 Å². The van der Waals surface area contributed by atoms with Crippen molar-refractivity contribution in [2.75, 3.05) is 17.7 Å². The molecule has 0 unspecified atom stereocenters. The summed E-state index contributed by atoms with van der Waals surface area (Å²) in [5.41, 5.74) is 2.78. The average Bonchev–Trinajstić information content (AvgIpc) is 2.80. The van der Waals surface area contributed by atoms with Gasteiger partial charge in [-0.2, -0.15) is 0 Å². The van der Waals surface area contributed by atoms with Crippen LogP contribution in [0.25, 0.3) is 22.0 Å². The highest BCUT2D eigenvalue weighted by atomic mass is 35.5. The van der Waals surface area contributed by atoms with Gasteiger partial charge in [0, 0.05) is 27.2 Å². The standard InChI is InChI=1S/C25H21ClN2O3S/c1-2-31-19-11-9-18(10-12-19)27-22(29)15-32-24-23(16-6-4-3-5-7-16)20-14-17(26)8-13-21(20)28-25(24)30/h3-14H,2,15H2,1H3,(H,27,29)(H,28,30). The Kier molecular flexibility index (Phi) is 6.83. The van der Waals surface area contributed by atoms with Gasteiger partial charge < -0.3 is 15.0 Å². The summed E-state index contributed by atoms with van der Waals surface area (Å²) in [6, 6.07) is 22.2. The van der Waals surface area contributed by atoms with Gasteiger partial charge in [-0.05, 0) is 55.0 Å². The molecular formula is C25H21ClN2O3S. The van der Waals surface area contributed by atoms with E-state index in [0.717, 1.165) is 22.3 Å². The summed E-state index contributed by atoms with van der Waals surface area (Å²) < 4.78 is 5.42. The smallest absolute Gasteiger partial charge is 0.262 e. The highest BCUT2D eigenvalue weighted by Crippen LogP contribution is 2.35. The van der Waals surface area contributed by atoms with Crippen LogP contribution in [-0.2, 0) is 4.79 Å². The van der Waals surface area contributed by atoms with Gasteiger partial charge in [0.2, 0.25) is 5.91 Å². The third-order valence-electron chi connectivity index (χ3n) is 4.79. The number of fused-ring (bicyclic) bond motifs is 1. The van der Waals surface area contributed by atoms with Crippen molar-refractivity contribution in [3.05, 3.63) is 88.2 Å². The zero-order valence-corrected chi connectivity index (χ0v) is 18.9. The molecule has 0 spiro atoms. The predicted octanol–water partition coefficient (Wildman–Crippen LogP) is 5.98. The zero-order chi connectivity index (χ0) is 22.5. The minimum atomic E-state index is -0.238. The number of rotatable bonds is 7. The second-order valence-electron chi connectivity index (χ2n) is 7.01. The third-order valence-corrected chi connectivity index (χ3v) is 6.11. The molecule has 7 heteroatoms. The van der Waals surface area contributed by atoms with Crippen molar-refractivity contribution < 1.29 is 9.53 Å². The molecule has 0 aliphatic rings. The zero-order valence-electron chi connectivity index (χ0n) is 17.4. The van der Waals surface area contributed by atoms with Gasteiger partial charge in [-0.1, -0.05) is 41.9 Å². The molecule has 0 saturated carbocycles. The fraction of sp³-hybridized carbons (Fsp3) is 0.120. The Morgan fingerprint density at radius 3 is 2.53 bits per heavy atom. The lowest BCUT2D eigenvalue weighted by molar-refractivity contribution is -0.113. The molecule has 1 aromatic heterocycles. The van der Waals surface area contributed by atoms with Gasteiger partial charge in [0.1, 0.15) is 5.75 Å². The molecule has 0 aliphatic carbocycles. The first-order chi connectivity index (χ1) is 15.5. The average molecular weight is 465 g/mol. The normalized spacial score (nSPS) is 10.8. The minimum Gasteiger partial charge on any atom is -0.494 e. The molecule has 4 rings (SSSR count). The summed E-state index contributed by atoms with van der Waals surface area (Å²) in [4.78, 5) is 28.9. The number of anilines is 1. The van der Waals surface area contributed by atoms with E-state index in [1.165, 1.54) is 11.8 Å². The number of carbonyl (C=O) groups excluding carboxylic acids is 1. The quantitative estimate of drug-likeness (QED) is 0.330. The fourth-order valence-electron chi connectivity index (χ4n) is 3.41. The lowest BCUT2D eigenvalue weighted by atomic mass is 10.0. The molecule has 1 amide bonds. The minimum absolute atomic E-state index is 0.0855. The number of hydrogen-bond acceptors (Lipinski definition) is 4. The van der Waals surface area contributed by atoms with Crippen LogP contribution < -0.4 is 15.6 Å². The van der Waals surface area contributed by atoms with Gasteiger partial charge >= 0.3 is 0 Å². The van der Waals surface area contributed by atoms with E-state index in [9.17, 15) is 9.59 Å². The Bertz CT molecular complexity index is 1300. The number of benzene rings is 3. The van der Waals surface area contributed by atoms with E-state index in [1.54, 1.807) is 36.4 Å². The maximum atomic E-state index is 12.9. The molecule has 0 saturated heterocycles. The van der Waals surface area contributed by atoms with Crippen LogP contribution >= 0.6 is 23.4 Å². The summed E-state index contributed by atoms with van der Waals surface area (Å²) in [7, 11) is 0. The Morgan fingerprint density at radius 2 is 1.81 bits per heavy atom. The second-order valence-corrected chi connectivity index (χ2v) is 8.43. The molecule has 0 aliphatic heterocycles. The van der Waals surface area contributed by atoms with Crippen LogP contribution in [0.3, 0.4) is 0 Å². The number of H-pyrrole nitrogens is 1. The molecule has 4 aromatic rings. The number of aromatic nitrogens is 1. The van der Waals surface area contributed by atoms with E-state index in [4.69, 9.17) is 16.3 Å². The molecule has 0 bridgehead atoms. The molecular weight excluding hydrogens is 444 g/mol. The predicted molar refractivity (Wildman–Crippen MR) is 132 cm³/mol. The van der Waals surface area contributed by atoms with E-state index in [0.29, 0.717) is 27.7 Å². The highest BCUT2D eigenvalue weighted by Gasteiger charge is 2.17. The molecule has 0 fully saturated rings. The summed E-state index contributed by atoms with van der Waals surface area (Å²) in [6.45, 7) is 2.50. The third kappa shape index (κ3) is 4.98.